The Morgan fingerprint density at radius 2 is 1.17 bits per heavy atom. The van der Waals surface area contributed by atoms with Gasteiger partial charge in [0.25, 0.3) is 0 Å². The predicted octanol–water partition coefficient (Wildman–Crippen LogP) is 11.3. The lowest BCUT2D eigenvalue weighted by Crippen LogP contribution is -2.23. The molecule has 0 radical (unpaired) electrons. The van der Waals surface area contributed by atoms with E-state index in [-0.39, 0.29) is 5.41 Å². The Hall–Kier alpha value is -4.62. The first-order chi connectivity index (χ1) is 20.5. The molecule has 0 atom stereocenters. The molecule has 8 rings (SSSR count). The Morgan fingerprint density at radius 3 is 1.93 bits per heavy atom. The third-order valence-corrected chi connectivity index (χ3v) is 9.97. The first kappa shape index (κ1) is 25.1. The highest BCUT2D eigenvalue weighted by Crippen LogP contribution is 2.56. The molecule has 42 heavy (non-hydrogen) atoms. The van der Waals surface area contributed by atoms with Crippen LogP contribution in [0, 0.1) is 13.8 Å². The van der Waals surface area contributed by atoms with E-state index >= 15 is 0 Å². The summed E-state index contributed by atoms with van der Waals surface area (Å²) >= 11 is 0. The van der Waals surface area contributed by atoms with E-state index in [1.54, 1.807) is 0 Å². The van der Waals surface area contributed by atoms with Crippen molar-refractivity contribution in [2.24, 2.45) is 0 Å². The van der Waals surface area contributed by atoms with Crippen LogP contribution in [0.3, 0.4) is 0 Å². The van der Waals surface area contributed by atoms with Gasteiger partial charge in [0.05, 0.1) is 16.7 Å². The summed E-state index contributed by atoms with van der Waals surface area (Å²) < 4.78 is 2.53. The number of hydrogen-bond acceptors (Lipinski definition) is 0. The molecule has 0 aliphatic heterocycles. The second-order valence-corrected chi connectivity index (χ2v) is 12.2. The fraction of sp³-hybridized carbons (Fsp3) is 0.171. The van der Waals surface area contributed by atoms with Crippen LogP contribution in [0.15, 0.2) is 115 Å². The van der Waals surface area contributed by atoms with Gasteiger partial charge in [0, 0.05) is 21.6 Å². The average Bonchev–Trinajstić information content (AvgIpc) is 3.49. The second-order valence-electron chi connectivity index (χ2n) is 12.2. The molecule has 1 aliphatic rings. The van der Waals surface area contributed by atoms with Crippen LogP contribution in [0.1, 0.15) is 48.9 Å². The summed E-state index contributed by atoms with van der Waals surface area (Å²) in [5, 5.41) is 5.26. The molecule has 0 fully saturated rings. The minimum absolute atomic E-state index is 0.00525. The van der Waals surface area contributed by atoms with Crippen molar-refractivity contribution in [2.75, 3.05) is 0 Å². The fourth-order valence-electron chi connectivity index (χ4n) is 7.84. The molecule has 0 unspecified atom stereocenters. The third-order valence-electron chi connectivity index (χ3n) is 9.97. The number of hydrogen-bond donors (Lipinski definition) is 0. The Labute approximate surface area is 248 Å². The fourth-order valence-corrected chi connectivity index (χ4v) is 7.84. The van der Waals surface area contributed by atoms with Crippen molar-refractivity contribution >= 4 is 32.6 Å². The van der Waals surface area contributed by atoms with Gasteiger partial charge in [-0.1, -0.05) is 110 Å². The number of rotatable bonds is 4. The highest BCUT2D eigenvalue weighted by atomic mass is 15.0. The van der Waals surface area contributed by atoms with Gasteiger partial charge < -0.3 is 4.57 Å². The minimum Gasteiger partial charge on any atom is -0.309 e. The van der Waals surface area contributed by atoms with Crippen LogP contribution in [-0.4, -0.2) is 4.57 Å². The first-order valence-electron chi connectivity index (χ1n) is 15.3. The standard InChI is InChI=1S/C41H35N/c1-5-41(6-2)35-23-27(4)16-19-32(35)40-31-15-11-10-14-30(31)39(25-36(40)41)42-37-20-17-26(3)22-33(37)34-24-29(18-21-38(34)42)28-12-8-7-9-13-28/h7-25H,5-6H2,1-4H3. The van der Waals surface area contributed by atoms with E-state index in [1.165, 1.54) is 82.8 Å². The van der Waals surface area contributed by atoms with Gasteiger partial charge in [-0.2, -0.15) is 0 Å². The lowest BCUT2D eigenvalue weighted by Gasteiger charge is -2.30. The summed E-state index contributed by atoms with van der Waals surface area (Å²) in [5.74, 6) is 0. The van der Waals surface area contributed by atoms with Gasteiger partial charge in [-0.05, 0) is 95.8 Å². The summed E-state index contributed by atoms with van der Waals surface area (Å²) in [6.45, 7) is 9.17. The summed E-state index contributed by atoms with van der Waals surface area (Å²) in [6.07, 6.45) is 2.16. The highest BCUT2D eigenvalue weighted by molar-refractivity contribution is 6.13. The lowest BCUT2D eigenvalue weighted by atomic mass is 9.73. The van der Waals surface area contributed by atoms with Crippen LogP contribution in [0.25, 0.3) is 60.5 Å². The Morgan fingerprint density at radius 1 is 0.524 bits per heavy atom. The van der Waals surface area contributed by atoms with Crippen LogP contribution in [0.4, 0.5) is 0 Å². The van der Waals surface area contributed by atoms with Crippen LogP contribution < -0.4 is 0 Å². The zero-order chi connectivity index (χ0) is 28.6. The van der Waals surface area contributed by atoms with Crippen LogP contribution in [0.2, 0.25) is 0 Å². The molecule has 1 heterocycles. The maximum absolute atomic E-state index is 2.55. The molecule has 1 aliphatic carbocycles. The van der Waals surface area contributed by atoms with Gasteiger partial charge >= 0.3 is 0 Å². The van der Waals surface area contributed by atoms with Gasteiger partial charge in [0.2, 0.25) is 0 Å². The van der Waals surface area contributed by atoms with Gasteiger partial charge in [0.15, 0.2) is 0 Å². The molecule has 7 aromatic rings. The van der Waals surface area contributed by atoms with Crippen molar-refractivity contribution in [3.8, 4) is 27.9 Å². The van der Waals surface area contributed by atoms with Crippen LogP contribution in [-0.2, 0) is 5.41 Å². The molecule has 0 saturated carbocycles. The van der Waals surface area contributed by atoms with Crippen molar-refractivity contribution in [3.63, 3.8) is 0 Å². The van der Waals surface area contributed by atoms with E-state index in [9.17, 15) is 0 Å². The van der Waals surface area contributed by atoms with E-state index < -0.39 is 0 Å². The molecule has 1 aromatic heterocycles. The molecule has 6 aromatic carbocycles. The number of nitrogens with zero attached hydrogens (tertiary/aromatic N) is 1. The molecule has 0 N–H and O–H groups in total. The average molecular weight is 542 g/mol. The van der Waals surface area contributed by atoms with E-state index in [2.05, 4.69) is 148 Å². The maximum Gasteiger partial charge on any atom is 0.0544 e. The molecule has 204 valence electrons. The number of aryl methyl sites for hydroxylation is 2. The summed E-state index contributed by atoms with van der Waals surface area (Å²) in [4.78, 5) is 0. The predicted molar refractivity (Wildman–Crippen MR) is 180 cm³/mol. The molecule has 1 nitrogen and oxygen atoms in total. The summed E-state index contributed by atoms with van der Waals surface area (Å²) in [6, 6.07) is 43.4. The molecular formula is C41H35N. The normalized spacial score (nSPS) is 13.6. The third kappa shape index (κ3) is 3.37. The maximum atomic E-state index is 2.55. The molecular weight excluding hydrogens is 506 g/mol. The van der Waals surface area contributed by atoms with E-state index in [1.807, 2.05) is 0 Å². The second kappa shape index (κ2) is 9.19. The van der Waals surface area contributed by atoms with E-state index in [0.29, 0.717) is 0 Å². The van der Waals surface area contributed by atoms with Gasteiger partial charge in [-0.25, -0.2) is 0 Å². The van der Waals surface area contributed by atoms with Gasteiger partial charge in [-0.3, -0.25) is 0 Å². The van der Waals surface area contributed by atoms with Crippen molar-refractivity contribution in [1.29, 1.82) is 0 Å². The Bertz CT molecular complexity index is 2170. The molecule has 0 bridgehead atoms. The first-order valence-corrected chi connectivity index (χ1v) is 15.3. The smallest absolute Gasteiger partial charge is 0.0544 e. The highest BCUT2D eigenvalue weighted by Gasteiger charge is 2.42. The molecule has 0 spiro atoms. The van der Waals surface area contributed by atoms with Crippen molar-refractivity contribution in [2.45, 2.75) is 46.0 Å². The minimum atomic E-state index is 0.00525. The zero-order valence-corrected chi connectivity index (χ0v) is 24.8. The molecule has 0 saturated heterocycles. The number of fused-ring (bicyclic) bond motifs is 8. The van der Waals surface area contributed by atoms with Gasteiger partial charge in [-0.15, -0.1) is 0 Å². The monoisotopic (exact) mass is 541 g/mol. The molecule has 0 amide bonds. The summed E-state index contributed by atoms with van der Waals surface area (Å²) in [5.41, 5.74) is 14.7. The van der Waals surface area contributed by atoms with Crippen LogP contribution in [0.5, 0.6) is 0 Å². The van der Waals surface area contributed by atoms with E-state index in [4.69, 9.17) is 0 Å². The van der Waals surface area contributed by atoms with Crippen LogP contribution >= 0.6 is 0 Å². The van der Waals surface area contributed by atoms with E-state index in [0.717, 1.165) is 12.8 Å². The number of benzene rings is 6. The van der Waals surface area contributed by atoms with Gasteiger partial charge in [0.1, 0.15) is 0 Å². The number of aromatic nitrogens is 1. The SMILES string of the molecule is CCC1(CC)c2cc(C)ccc2-c2c1cc(-n1c3ccc(C)cc3c3cc(-c4ccccc4)ccc31)c1ccccc21. The lowest BCUT2D eigenvalue weighted by molar-refractivity contribution is 0.490. The van der Waals surface area contributed by atoms with Crippen molar-refractivity contribution < 1.29 is 0 Å². The van der Waals surface area contributed by atoms with Crippen molar-refractivity contribution in [1.82, 2.24) is 4.57 Å². The van der Waals surface area contributed by atoms with Crippen molar-refractivity contribution in [3.05, 3.63) is 138 Å². The quantitative estimate of drug-likeness (QED) is 0.209. The largest absolute Gasteiger partial charge is 0.309 e. The summed E-state index contributed by atoms with van der Waals surface area (Å²) in [7, 11) is 0. The Balaban J connectivity index is 1.50. The zero-order valence-electron chi connectivity index (χ0n) is 24.8. The topological polar surface area (TPSA) is 4.93 Å². The molecule has 1 heteroatoms. The Kier molecular flexibility index (Phi) is 5.50.